The molecule has 3 heteroatoms. The van der Waals surface area contributed by atoms with Gasteiger partial charge in [-0.15, -0.1) is 11.3 Å². The van der Waals surface area contributed by atoms with E-state index in [2.05, 4.69) is 147 Å². The van der Waals surface area contributed by atoms with Crippen molar-refractivity contribution in [3.8, 4) is 11.1 Å². The molecule has 2 nitrogen and oxygen atoms in total. The predicted molar refractivity (Wildman–Crippen MR) is 185 cm³/mol. The van der Waals surface area contributed by atoms with Crippen LogP contribution in [-0.4, -0.2) is 0 Å². The molecule has 2 aromatic heterocycles. The summed E-state index contributed by atoms with van der Waals surface area (Å²) >= 11 is 1.90. The lowest BCUT2D eigenvalue weighted by Gasteiger charge is -2.26. The van der Waals surface area contributed by atoms with Crippen molar-refractivity contribution in [3.05, 3.63) is 139 Å². The van der Waals surface area contributed by atoms with Crippen LogP contribution in [0.2, 0.25) is 0 Å². The number of fused-ring (bicyclic) bond motifs is 6. The molecule has 0 spiro atoms. The molecule has 0 saturated carbocycles. The van der Waals surface area contributed by atoms with Gasteiger partial charge in [0.25, 0.3) is 0 Å². The fraction of sp³-hybridized carbons (Fsp3) is 0.100. The van der Waals surface area contributed by atoms with Gasteiger partial charge in [-0.1, -0.05) is 112 Å². The number of anilines is 3. The first-order valence-corrected chi connectivity index (χ1v) is 15.6. The summed E-state index contributed by atoms with van der Waals surface area (Å²) < 4.78 is 9.01. The second-order valence-corrected chi connectivity index (χ2v) is 13.2. The van der Waals surface area contributed by atoms with Gasteiger partial charge in [0, 0.05) is 43.7 Å². The van der Waals surface area contributed by atoms with Crippen LogP contribution in [0, 0.1) is 0 Å². The van der Waals surface area contributed by atoms with Gasteiger partial charge >= 0.3 is 0 Å². The second-order valence-electron chi connectivity index (χ2n) is 12.2. The lowest BCUT2D eigenvalue weighted by Crippen LogP contribution is -2.10. The molecule has 208 valence electrons. The molecule has 0 atom stereocenters. The molecule has 0 unspecified atom stereocenters. The van der Waals surface area contributed by atoms with E-state index in [-0.39, 0.29) is 5.41 Å². The van der Waals surface area contributed by atoms with E-state index < -0.39 is 0 Å². The van der Waals surface area contributed by atoms with Crippen LogP contribution in [0.15, 0.2) is 138 Å². The lowest BCUT2D eigenvalue weighted by molar-refractivity contribution is 0.597. The lowest BCUT2D eigenvalue weighted by atomic mass is 9.86. The predicted octanol–water partition coefficient (Wildman–Crippen LogP) is 12.4. The first-order chi connectivity index (χ1) is 21.0. The molecule has 0 fully saturated rings. The van der Waals surface area contributed by atoms with Gasteiger partial charge in [0.1, 0.15) is 11.2 Å². The minimum atomic E-state index is 0.0554. The van der Waals surface area contributed by atoms with Crippen molar-refractivity contribution in [1.82, 2.24) is 0 Å². The van der Waals surface area contributed by atoms with E-state index in [1.165, 1.54) is 42.6 Å². The number of benzene rings is 6. The number of rotatable bonds is 4. The molecule has 8 aromatic rings. The molecule has 0 N–H and O–H groups in total. The zero-order valence-electron chi connectivity index (χ0n) is 24.5. The number of thiophene rings is 1. The average Bonchev–Trinajstić information content (AvgIpc) is 3.60. The van der Waals surface area contributed by atoms with E-state index in [0.717, 1.165) is 33.3 Å². The number of furan rings is 1. The molecule has 0 radical (unpaired) electrons. The van der Waals surface area contributed by atoms with Crippen molar-refractivity contribution < 1.29 is 4.42 Å². The highest BCUT2D eigenvalue weighted by atomic mass is 32.1. The van der Waals surface area contributed by atoms with Crippen molar-refractivity contribution in [3.63, 3.8) is 0 Å². The number of hydrogen-bond donors (Lipinski definition) is 0. The Kier molecular flexibility index (Phi) is 5.92. The molecule has 0 amide bonds. The average molecular weight is 574 g/mol. The normalized spacial score (nSPS) is 12.1. The van der Waals surface area contributed by atoms with Gasteiger partial charge in [-0.05, 0) is 58.5 Å². The maximum absolute atomic E-state index is 6.36. The van der Waals surface area contributed by atoms with Gasteiger partial charge < -0.3 is 9.32 Å². The zero-order valence-corrected chi connectivity index (χ0v) is 25.3. The Morgan fingerprint density at radius 1 is 0.512 bits per heavy atom. The highest BCUT2D eigenvalue weighted by Gasteiger charge is 2.23. The Morgan fingerprint density at radius 3 is 1.93 bits per heavy atom. The maximum Gasteiger partial charge on any atom is 0.137 e. The molecular weight excluding hydrogens is 543 g/mol. The Labute approximate surface area is 255 Å². The summed E-state index contributed by atoms with van der Waals surface area (Å²) in [4.78, 5) is 2.38. The summed E-state index contributed by atoms with van der Waals surface area (Å²) in [6.45, 7) is 6.91. The van der Waals surface area contributed by atoms with Crippen molar-refractivity contribution >= 4 is 70.5 Å². The summed E-state index contributed by atoms with van der Waals surface area (Å²) in [5, 5.41) is 4.89. The second kappa shape index (κ2) is 9.86. The summed E-state index contributed by atoms with van der Waals surface area (Å²) in [5.74, 6) is 0. The Hall–Kier alpha value is -4.86. The monoisotopic (exact) mass is 573 g/mol. The molecule has 6 aromatic carbocycles. The molecule has 0 aliphatic heterocycles. The SMILES string of the molecule is CC(C)(C)c1cccc2c1sc1c(N(c3ccc(-c4ccccc4)cc3)c3ccc4c(c3)oc3ccccc34)cccc12. The minimum Gasteiger partial charge on any atom is -0.456 e. The van der Waals surface area contributed by atoms with Crippen LogP contribution in [0.5, 0.6) is 0 Å². The van der Waals surface area contributed by atoms with E-state index in [4.69, 9.17) is 4.42 Å². The van der Waals surface area contributed by atoms with Gasteiger partial charge in [0.05, 0.1) is 10.4 Å². The number of nitrogens with zero attached hydrogens (tertiary/aromatic N) is 1. The number of hydrogen-bond acceptors (Lipinski definition) is 3. The van der Waals surface area contributed by atoms with Gasteiger partial charge in [0.15, 0.2) is 0 Å². The van der Waals surface area contributed by atoms with Crippen LogP contribution in [0.3, 0.4) is 0 Å². The first kappa shape index (κ1) is 25.8. The van der Waals surface area contributed by atoms with E-state index in [1.807, 2.05) is 23.5 Å². The molecule has 0 bridgehead atoms. The highest BCUT2D eigenvalue weighted by molar-refractivity contribution is 7.26. The van der Waals surface area contributed by atoms with Gasteiger partial charge in [-0.3, -0.25) is 0 Å². The first-order valence-electron chi connectivity index (χ1n) is 14.8. The Balaban J connectivity index is 1.37. The van der Waals surface area contributed by atoms with Crippen LogP contribution in [0.4, 0.5) is 17.1 Å². The molecule has 8 rings (SSSR count). The molecule has 0 aliphatic rings. The van der Waals surface area contributed by atoms with Gasteiger partial charge in [-0.2, -0.15) is 0 Å². The third kappa shape index (κ3) is 4.31. The van der Waals surface area contributed by atoms with Crippen LogP contribution < -0.4 is 4.90 Å². The summed E-state index contributed by atoms with van der Waals surface area (Å²) in [7, 11) is 0. The Bertz CT molecular complexity index is 2270. The Morgan fingerprint density at radius 2 is 1.14 bits per heavy atom. The van der Waals surface area contributed by atoms with Gasteiger partial charge in [-0.25, -0.2) is 0 Å². The van der Waals surface area contributed by atoms with E-state index in [1.54, 1.807) is 0 Å². The van der Waals surface area contributed by atoms with Crippen molar-refractivity contribution in [1.29, 1.82) is 0 Å². The fourth-order valence-electron chi connectivity index (χ4n) is 6.29. The van der Waals surface area contributed by atoms with Crippen LogP contribution in [-0.2, 0) is 5.41 Å². The maximum atomic E-state index is 6.36. The molecule has 43 heavy (non-hydrogen) atoms. The van der Waals surface area contributed by atoms with Gasteiger partial charge in [0.2, 0.25) is 0 Å². The van der Waals surface area contributed by atoms with Crippen LogP contribution in [0.1, 0.15) is 26.3 Å². The fourth-order valence-corrected chi connectivity index (χ4v) is 7.81. The quantitative estimate of drug-likeness (QED) is 0.208. The zero-order chi connectivity index (χ0) is 29.1. The summed E-state index contributed by atoms with van der Waals surface area (Å²) in [6, 6.07) is 47.8. The van der Waals surface area contributed by atoms with E-state index in [0.29, 0.717) is 0 Å². The summed E-state index contributed by atoms with van der Waals surface area (Å²) in [6.07, 6.45) is 0. The van der Waals surface area contributed by atoms with Crippen LogP contribution in [0.25, 0.3) is 53.2 Å². The van der Waals surface area contributed by atoms with Crippen LogP contribution >= 0.6 is 11.3 Å². The van der Waals surface area contributed by atoms with E-state index >= 15 is 0 Å². The van der Waals surface area contributed by atoms with E-state index in [9.17, 15) is 0 Å². The number of para-hydroxylation sites is 1. The highest BCUT2D eigenvalue weighted by Crippen LogP contribution is 2.47. The van der Waals surface area contributed by atoms with Crippen molar-refractivity contribution in [2.45, 2.75) is 26.2 Å². The molecule has 0 saturated heterocycles. The molecular formula is C40H31NOS. The third-order valence-corrected chi connectivity index (χ3v) is 9.68. The molecule has 2 heterocycles. The topological polar surface area (TPSA) is 16.4 Å². The summed E-state index contributed by atoms with van der Waals surface area (Å²) in [5.41, 5.74) is 9.01. The third-order valence-electron chi connectivity index (χ3n) is 8.41. The van der Waals surface area contributed by atoms with Crippen molar-refractivity contribution in [2.75, 3.05) is 4.90 Å². The minimum absolute atomic E-state index is 0.0554. The molecule has 0 aliphatic carbocycles. The van der Waals surface area contributed by atoms with Crippen molar-refractivity contribution in [2.24, 2.45) is 0 Å². The smallest absolute Gasteiger partial charge is 0.137 e. The largest absolute Gasteiger partial charge is 0.456 e. The standard InChI is InChI=1S/C40H31NOS/c1-40(2,3)34-16-9-14-32-33-15-10-17-35(39(33)43-38(32)34)41(28-21-19-27(20-22-28)26-11-5-4-6-12-26)29-23-24-31-30-13-7-8-18-36(30)42-37(31)25-29/h4-25H,1-3H3.